The highest BCUT2D eigenvalue weighted by molar-refractivity contribution is 5.51. The third-order valence-electron chi connectivity index (χ3n) is 9.05. The summed E-state index contributed by atoms with van der Waals surface area (Å²) in [5.74, 6) is 1.28. The van der Waals surface area contributed by atoms with Crippen molar-refractivity contribution in [1.82, 2.24) is 0 Å². The standard InChI is InChI=1S/C37H60O/c1-7-9-10-11-12-13-14-15-16-17-18-19-20-22-25-31(4)35-29-33(28-34(36(35)38)30(3)8-2)37(5,6)32-26-23-21-24-27-32/h21,23-24,26-31,38H,7-20,22,25H2,1-6H3. The second-order valence-electron chi connectivity index (χ2n) is 12.6. The van der Waals surface area contributed by atoms with Crippen LogP contribution >= 0.6 is 0 Å². The lowest BCUT2D eigenvalue weighted by Crippen LogP contribution is -2.20. The van der Waals surface area contributed by atoms with Crippen molar-refractivity contribution < 1.29 is 5.11 Å². The first-order chi connectivity index (χ1) is 18.3. The highest BCUT2D eigenvalue weighted by Crippen LogP contribution is 2.42. The van der Waals surface area contributed by atoms with Gasteiger partial charge in [0.15, 0.2) is 0 Å². The topological polar surface area (TPSA) is 20.2 Å². The van der Waals surface area contributed by atoms with Crippen LogP contribution < -0.4 is 0 Å². The maximum Gasteiger partial charge on any atom is 0.122 e. The van der Waals surface area contributed by atoms with Crippen LogP contribution in [-0.2, 0) is 5.41 Å². The number of benzene rings is 2. The van der Waals surface area contributed by atoms with Crippen LogP contribution in [0.15, 0.2) is 42.5 Å². The first-order valence-electron chi connectivity index (χ1n) is 16.3. The molecule has 214 valence electrons. The fourth-order valence-corrected chi connectivity index (χ4v) is 5.83. The summed E-state index contributed by atoms with van der Waals surface area (Å²) in [6.45, 7) is 13.7. The van der Waals surface area contributed by atoms with Gasteiger partial charge in [0.25, 0.3) is 0 Å². The van der Waals surface area contributed by atoms with Gasteiger partial charge in [-0.3, -0.25) is 0 Å². The van der Waals surface area contributed by atoms with Gasteiger partial charge >= 0.3 is 0 Å². The molecule has 2 rings (SSSR count). The Morgan fingerprint density at radius 2 is 1.05 bits per heavy atom. The molecule has 1 nitrogen and oxygen atoms in total. The molecule has 0 radical (unpaired) electrons. The van der Waals surface area contributed by atoms with Gasteiger partial charge < -0.3 is 5.11 Å². The van der Waals surface area contributed by atoms with Gasteiger partial charge in [-0.25, -0.2) is 0 Å². The number of hydrogen-bond donors (Lipinski definition) is 1. The summed E-state index contributed by atoms with van der Waals surface area (Å²) in [7, 11) is 0. The van der Waals surface area contributed by atoms with Crippen molar-refractivity contribution in [1.29, 1.82) is 0 Å². The number of unbranched alkanes of at least 4 members (excludes halogenated alkanes) is 13. The van der Waals surface area contributed by atoms with E-state index in [2.05, 4.69) is 84.0 Å². The summed E-state index contributed by atoms with van der Waals surface area (Å²) in [6, 6.07) is 15.4. The molecular weight excluding hydrogens is 460 g/mol. The van der Waals surface area contributed by atoms with Crippen LogP contribution in [0.1, 0.15) is 178 Å². The second-order valence-corrected chi connectivity index (χ2v) is 12.6. The maximum absolute atomic E-state index is 11.3. The number of hydrogen-bond acceptors (Lipinski definition) is 1. The summed E-state index contributed by atoms with van der Waals surface area (Å²) in [5.41, 5.74) is 4.82. The second kappa shape index (κ2) is 17.8. The normalized spacial score (nSPS) is 13.5. The van der Waals surface area contributed by atoms with Crippen LogP contribution in [0.25, 0.3) is 0 Å². The molecule has 2 aromatic rings. The van der Waals surface area contributed by atoms with Gasteiger partial charge in [-0.2, -0.15) is 0 Å². The maximum atomic E-state index is 11.3. The number of phenolic OH excluding ortho intramolecular Hbond substituents is 1. The summed E-state index contributed by atoms with van der Waals surface area (Å²) >= 11 is 0. The first-order valence-corrected chi connectivity index (χ1v) is 16.3. The molecule has 0 spiro atoms. The smallest absolute Gasteiger partial charge is 0.122 e. The van der Waals surface area contributed by atoms with E-state index in [1.807, 2.05) is 0 Å². The SMILES string of the molecule is CCCCCCCCCCCCCCCCC(C)c1cc(C(C)(C)c2ccccc2)cc(C(C)CC)c1O. The molecule has 2 aromatic carbocycles. The van der Waals surface area contributed by atoms with Crippen LogP contribution in [-0.4, -0.2) is 5.11 Å². The summed E-state index contributed by atoms with van der Waals surface area (Å²) in [5, 5.41) is 11.3. The van der Waals surface area contributed by atoms with Gasteiger partial charge in [0.2, 0.25) is 0 Å². The van der Waals surface area contributed by atoms with Crippen molar-refractivity contribution in [2.45, 2.75) is 162 Å². The minimum Gasteiger partial charge on any atom is -0.507 e. The molecule has 0 saturated carbocycles. The molecule has 0 aliphatic carbocycles. The Morgan fingerprint density at radius 3 is 1.53 bits per heavy atom. The molecule has 0 aliphatic rings. The van der Waals surface area contributed by atoms with E-state index in [9.17, 15) is 5.11 Å². The molecule has 0 saturated heterocycles. The molecule has 0 bridgehead atoms. The van der Waals surface area contributed by atoms with Gasteiger partial charge in [-0.15, -0.1) is 0 Å². The van der Waals surface area contributed by atoms with Crippen molar-refractivity contribution in [3.8, 4) is 5.75 Å². The van der Waals surface area contributed by atoms with Gasteiger partial charge in [0, 0.05) is 5.41 Å². The van der Waals surface area contributed by atoms with E-state index >= 15 is 0 Å². The summed E-state index contributed by atoms with van der Waals surface area (Å²) < 4.78 is 0. The number of rotatable bonds is 20. The van der Waals surface area contributed by atoms with E-state index < -0.39 is 0 Å². The van der Waals surface area contributed by atoms with Crippen molar-refractivity contribution in [2.24, 2.45) is 0 Å². The van der Waals surface area contributed by atoms with E-state index in [0.717, 1.165) is 24.0 Å². The molecule has 0 amide bonds. The molecule has 2 unspecified atom stereocenters. The van der Waals surface area contributed by atoms with Crippen molar-refractivity contribution in [3.05, 3.63) is 64.7 Å². The summed E-state index contributed by atoms with van der Waals surface area (Å²) in [6.07, 6.45) is 21.7. The third kappa shape index (κ3) is 10.4. The average Bonchev–Trinajstić information content (AvgIpc) is 2.93. The van der Waals surface area contributed by atoms with Crippen molar-refractivity contribution >= 4 is 0 Å². The van der Waals surface area contributed by atoms with Gasteiger partial charge in [0.1, 0.15) is 5.75 Å². The highest BCUT2D eigenvalue weighted by atomic mass is 16.3. The van der Waals surface area contributed by atoms with Gasteiger partial charge in [-0.1, -0.05) is 174 Å². The van der Waals surface area contributed by atoms with E-state index in [1.165, 1.54) is 101 Å². The minimum absolute atomic E-state index is 0.0965. The Kier molecular flexibility index (Phi) is 15.2. The van der Waals surface area contributed by atoms with Gasteiger partial charge in [-0.05, 0) is 46.9 Å². The van der Waals surface area contributed by atoms with Crippen molar-refractivity contribution in [3.63, 3.8) is 0 Å². The van der Waals surface area contributed by atoms with Crippen LogP contribution in [0, 0.1) is 0 Å². The largest absolute Gasteiger partial charge is 0.507 e. The Morgan fingerprint density at radius 1 is 0.605 bits per heavy atom. The summed E-state index contributed by atoms with van der Waals surface area (Å²) in [4.78, 5) is 0. The molecule has 0 heterocycles. The average molecular weight is 521 g/mol. The zero-order valence-electron chi connectivity index (χ0n) is 26.0. The van der Waals surface area contributed by atoms with Crippen LogP contribution in [0.3, 0.4) is 0 Å². The monoisotopic (exact) mass is 520 g/mol. The Hall–Kier alpha value is -1.76. The molecule has 1 heteroatoms. The quantitative estimate of drug-likeness (QED) is 0.172. The number of aromatic hydroxyl groups is 1. The Labute approximate surface area is 236 Å². The molecule has 0 aliphatic heterocycles. The van der Waals surface area contributed by atoms with Gasteiger partial charge in [0.05, 0.1) is 0 Å². The molecule has 38 heavy (non-hydrogen) atoms. The molecule has 0 aromatic heterocycles. The first kappa shape index (κ1) is 32.5. The fourth-order valence-electron chi connectivity index (χ4n) is 5.83. The molecular formula is C37H60O. The fraction of sp³-hybridized carbons (Fsp3) is 0.676. The van der Waals surface area contributed by atoms with Crippen LogP contribution in [0.4, 0.5) is 0 Å². The lowest BCUT2D eigenvalue weighted by Gasteiger charge is -2.30. The zero-order chi connectivity index (χ0) is 27.8. The molecule has 1 N–H and O–H groups in total. The van der Waals surface area contributed by atoms with Crippen LogP contribution in [0.2, 0.25) is 0 Å². The van der Waals surface area contributed by atoms with E-state index in [0.29, 0.717) is 17.6 Å². The predicted octanol–water partition coefficient (Wildman–Crippen LogP) is 12.2. The Bertz CT molecular complexity index is 881. The number of phenols is 1. The van der Waals surface area contributed by atoms with Crippen molar-refractivity contribution in [2.75, 3.05) is 0 Å². The van der Waals surface area contributed by atoms with E-state index in [1.54, 1.807) is 0 Å². The lowest BCUT2D eigenvalue weighted by molar-refractivity contribution is 0.443. The highest BCUT2D eigenvalue weighted by Gasteiger charge is 2.27. The van der Waals surface area contributed by atoms with Crippen LogP contribution in [0.5, 0.6) is 5.75 Å². The molecule has 0 fully saturated rings. The predicted molar refractivity (Wildman–Crippen MR) is 169 cm³/mol. The van der Waals surface area contributed by atoms with E-state index in [4.69, 9.17) is 0 Å². The Balaban J connectivity index is 1.84. The lowest BCUT2D eigenvalue weighted by atomic mass is 9.75. The zero-order valence-corrected chi connectivity index (χ0v) is 26.0. The molecule has 2 atom stereocenters. The van der Waals surface area contributed by atoms with E-state index in [-0.39, 0.29) is 5.41 Å². The third-order valence-corrected chi connectivity index (χ3v) is 9.05. The minimum atomic E-state index is -0.0965.